The van der Waals surface area contributed by atoms with Crippen molar-refractivity contribution >= 4 is 11.8 Å². The Morgan fingerprint density at radius 3 is 2.58 bits per heavy atom. The molecule has 0 spiro atoms. The first-order chi connectivity index (χ1) is 11.6. The van der Waals surface area contributed by atoms with Crippen molar-refractivity contribution in [3.05, 3.63) is 23.9 Å². The maximum absolute atomic E-state index is 11.9. The molecule has 132 valence electrons. The number of urea groups is 1. The van der Waals surface area contributed by atoms with Gasteiger partial charge in [0.05, 0.1) is 5.60 Å². The molecule has 0 radical (unpaired) electrons. The molecule has 1 aliphatic heterocycles. The van der Waals surface area contributed by atoms with Crippen LogP contribution in [0.1, 0.15) is 50.5 Å². The number of rotatable bonds is 5. The summed E-state index contributed by atoms with van der Waals surface area (Å²) in [5.41, 5.74) is 0.357. The van der Waals surface area contributed by atoms with E-state index in [4.69, 9.17) is 0 Å². The third-order valence-electron chi connectivity index (χ3n) is 5.06. The number of nitrogens with one attached hydrogen (secondary N) is 2. The molecule has 24 heavy (non-hydrogen) atoms. The van der Waals surface area contributed by atoms with E-state index in [-0.39, 0.29) is 6.03 Å². The largest absolute Gasteiger partial charge is 0.388 e. The summed E-state index contributed by atoms with van der Waals surface area (Å²) in [6, 6.07) is 3.76. The molecule has 2 heterocycles. The molecule has 2 aliphatic rings. The molecule has 0 aromatic carbocycles. The molecule has 0 bridgehead atoms. The van der Waals surface area contributed by atoms with Gasteiger partial charge in [-0.3, -0.25) is 0 Å². The number of pyridine rings is 1. The molecule has 2 amide bonds. The lowest BCUT2D eigenvalue weighted by Gasteiger charge is -2.36. The Morgan fingerprint density at radius 2 is 1.92 bits per heavy atom. The minimum atomic E-state index is -0.687. The average molecular weight is 332 g/mol. The molecular formula is C18H28N4O2. The standard InChI is InChI=1S/C18H28N4O2/c23-17(21-14-18(24)7-5-8-18)20-13-15-6-9-19-16(12-15)22-10-3-1-2-4-11-22/h6,9,12,24H,1-5,7-8,10-11,13-14H2,(H2,20,21,23). The number of anilines is 1. The van der Waals surface area contributed by atoms with Crippen molar-refractivity contribution in [1.29, 1.82) is 0 Å². The summed E-state index contributed by atoms with van der Waals surface area (Å²) in [7, 11) is 0. The Bertz CT molecular complexity index is 552. The second-order valence-electron chi connectivity index (χ2n) is 7.04. The molecule has 0 atom stereocenters. The summed E-state index contributed by atoms with van der Waals surface area (Å²) < 4.78 is 0. The maximum Gasteiger partial charge on any atom is 0.315 e. The molecule has 1 aromatic heterocycles. The zero-order valence-electron chi connectivity index (χ0n) is 14.3. The average Bonchev–Trinajstić information content (AvgIpc) is 2.86. The van der Waals surface area contributed by atoms with Crippen LogP contribution in [0.25, 0.3) is 0 Å². The highest BCUT2D eigenvalue weighted by molar-refractivity contribution is 5.73. The van der Waals surface area contributed by atoms with Crippen LogP contribution in [-0.2, 0) is 6.54 Å². The van der Waals surface area contributed by atoms with Crippen LogP contribution >= 0.6 is 0 Å². The van der Waals surface area contributed by atoms with Gasteiger partial charge in [-0.2, -0.15) is 0 Å². The molecule has 0 unspecified atom stereocenters. The first-order valence-corrected chi connectivity index (χ1v) is 9.09. The highest BCUT2D eigenvalue weighted by Gasteiger charge is 2.34. The van der Waals surface area contributed by atoms with Crippen LogP contribution in [-0.4, -0.2) is 41.4 Å². The monoisotopic (exact) mass is 332 g/mol. The Morgan fingerprint density at radius 1 is 1.17 bits per heavy atom. The van der Waals surface area contributed by atoms with E-state index in [1.54, 1.807) is 0 Å². The topological polar surface area (TPSA) is 77.5 Å². The van der Waals surface area contributed by atoms with E-state index in [1.807, 2.05) is 12.3 Å². The molecule has 1 aliphatic carbocycles. The second kappa shape index (κ2) is 7.83. The van der Waals surface area contributed by atoms with Gasteiger partial charge in [0.1, 0.15) is 5.82 Å². The maximum atomic E-state index is 11.9. The van der Waals surface area contributed by atoms with E-state index in [9.17, 15) is 9.90 Å². The molecule has 2 fully saturated rings. The Hall–Kier alpha value is -1.82. The number of nitrogens with zero attached hydrogens (tertiary/aromatic N) is 2. The van der Waals surface area contributed by atoms with Crippen LogP contribution in [0.3, 0.4) is 0 Å². The molecule has 1 aromatic rings. The first-order valence-electron chi connectivity index (χ1n) is 9.09. The molecule has 3 rings (SSSR count). The highest BCUT2D eigenvalue weighted by atomic mass is 16.3. The molecule has 6 heteroatoms. The fourth-order valence-corrected chi connectivity index (χ4v) is 3.29. The van der Waals surface area contributed by atoms with Gasteiger partial charge in [-0.25, -0.2) is 9.78 Å². The van der Waals surface area contributed by atoms with Gasteiger partial charge in [0, 0.05) is 32.4 Å². The summed E-state index contributed by atoms with van der Waals surface area (Å²) in [6.45, 7) is 2.91. The van der Waals surface area contributed by atoms with Crippen LogP contribution < -0.4 is 15.5 Å². The van der Waals surface area contributed by atoms with Gasteiger partial charge >= 0.3 is 6.03 Å². The molecule has 6 nitrogen and oxygen atoms in total. The summed E-state index contributed by atoms with van der Waals surface area (Å²) in [5.74, 6) is 1.00. The fraction of sp³-hybridized carbons (Fsp3) is 0.667. The van der Waals surface area contributed by atoms with Crippen molar-refractivity contribution in [2.24, 2.45) is 0 Å². The van der Waals surface area contributed by atoms with Gasteiger partial charge in [0.15, 0.2) is 0 Å². The Balaban J connectivity index is 1.48. The number of aromatic nitrogens is 1. The van der Waals surface area contributed by atoms with E-state index in [0.29, 0.717) is 13.1 Å². The SMILES string of the molecule is O=C(NCc1ccnc(N2CCCCCC2)c1)NCC1(O)CCC1. The highest BCUT2D eigenvalue weighted by Crippen LogP contribution is 2.30. The Labute approximate surface area is 143 Å². The molecular weight excluding hydrogens is 304 g/mol. The summed E-state index contributed by atoms with van der Waals surface area (Å²) >= 11 is 0. The number of hydrogen-bond acceptors (Lipinski definition) is 4. The van der Waals surface area contributed by atoms with Crippen LogP contribution in [0.5, 0.6) is 0 Å². The predicted octanol–water partition coefficient (Wildman–Crippen LogP) is 2.18. The van der Waals surface area contributed by atoms with Crippen molar-refractivity contribution in [3.63, 3.8) is 0 Å². The number of carbonyl (C=O) groups is 1. The Kier molecular flexibility index (Phi) is 5.56. The van der Waals surface area contributed by atoms with E-state index in [2.05, 4.69) is 26.6 Å². The van der Waals surface area contributed by atoms with Gasteiger partial charge < -0.3 is 20.6 Å². The smallest absolute Gasteiger partial charge is 0.315 e. The van der Waals surface area contributed by atoms with Gasteiger partial charge in [0.25, 0.3) is 0 Å². The molecule has 3 N–H and O–H groups in total. The van der Waals surface area contributed by atoms with Crippen molar-refractivity contribution in [1.82, 2.24) is 15.6 Å². The summed E-state index contributed by atoms with van der Waals surface area (Å²) in [4.78, 5) is 18.7. The van der Waals surface area contributed by atoms with E-state index < -0.39 is 5.60 Å². The van der Waals surface area contributed by atoms with Crippen molar-refractivity contribution in [3.8, 4) is 0 Å². The van der Waals surface area contributed by atoms with E-state index in [0.717, 1.165) is 43.7 Å². The van der Waals surface area contributed by atoms with Gasteiger partial charge in [-0.1, -0.05) is 12.8 Å². The fourth-order valence-electron chi connectivity index (χ4n) is 3.29. The third kappa shape index (κ3) is 4.60. The summed E-state index contributed by atoms with van der Waals surface area (Å²) in [6.07, 6.45) is 9.43. The number of amides is 2. The molecule has 1 saturated heterocycles. The van der Waals surface area contributed by atoms with Crippen molar-refractivity contribution in [2.75, 3.05) is 24.5 Å². The second-order valence-corrected chi connectivity index (χ2v) is 7.04. The molecule has 1 saturated carbocycles. The summed E-state index contributed by atoms with van der Waals surface area (Å²) in [5, 5.41) is 15.6. The quantitative estimate of drug-likeness (QED) is 0.772. The zero-order chi connectivity index (χ0) is 16.8. The normalized spacial score (nSPS) is 20.0. The lowest BCUT2D eigenvalue weighted by Crippen LogP contribution is -2.49. The van der Waals surface area contributed by atoms with Crippen molar-refractivity contribution in [2.45, 2.75) is 57.1 Å². The van der Waals surface area contributed by atoms with Crippen LogP contribution in [0.4, 0.5) is 10.6 Å². The minimum Gasteiger partial charge on any atom is -0.388 e. The third-order valence-corrected chi connectivity index (χ3v) is 5.06. The van der Waals surface area contributed by atoms with E-state index in [1.165, 1.54) is 25.7 Å². The first kappa shape index (κ1) is 17.0. The lowest BCUT2D eigenvalue weighted by atomic mass is 9.80. The van der Waals surface area contributed by atoms with Crippen LogP contribution in [0.15, 0.2) is 18.3 Å². The van der Waals surface area contributed by atoms with Crippen LogP contribution in [0.2, 0.25) is 0 Å². The minimum absolute atomic E-state index is 0.233. The van der Waals surface area contributed by atoms with Gasteiger partial charge in [-0.05, 0) is 49.8 Å². The van der Waals surface area contributed by atoms with Gasteiger partial charge in [0.2, 0.25) is 0 Å². The number of aliphatic hydroxyl groups is 1. The zero-order valence-corrected chi connectivity index (χ0v) is 14.3. The number of hydrogen-bond donors (Lipinski definition) is 3. The van der Waals surface area contributed by atoms with Gasteiger partial charge in [-0.15, -0.1) is 0 Å². The van der Waals surface area contributed by atoms with Crippen LogP contribution in [0, 0.1) is 0 Å². The predicted molar refractivity (Wildman–Crippen MR) is 94.0 cm³/mol. The lowest BCUT2D eigenvalue weighted by molar-refractivity contribution is -0.0290. The number of carbonyl (C=O) groups excluding carboxylic acids is 1. The van der Waals surface area contributed by atoms with E-state index >= 15 is 0 Å². The van der Waals surface area contributed by atoms with Crippen molar-refractivity contribution < 1.29 is 9.90 Å².